The average molecular weight is 393 g/mol. The molecule has 0 N–H and O–H groups in total. The van der Waals surface area contributed by atoms with Crippen LogP contribution in [0.15, 0.2) is 24.3 Å². The van der Waals surface area contributed by atoms with E-state index in [4.69, 9.17) is 18.9 Å². The first-order chi connectivity index (χ1) is 14.2. The molecule has 0 amide bonds. The largest absolute Gasteiger partial charge is 0.493 e. The number of hydrogen-bond donors (Lipinski definition) is 0. The minimum atomic E-state index is 0.636. The van der Waals surface area contributed by atoms with E-state index in [0.717, 1.165) is 46.7 Å². The zero-order valence-electron chi connectivity index (χ0n) is 17.5. The van der Waals surface area contributed by atoms with E-state index in [1.165, 1.54) is 41.3 Å². The molecular weight excluding hydrogens is 366 g/mol. The monoisotopic (exact) mass is 393 g/mol. The second-order valence-corrected chi connectivity index (χ2v) is 7.90. The summed E-state index contributed by atoms with van der Waals surface area (Å²) in [5.74, 6) is 3.00. The molecule has 5 heteroatoms. The first-order valence-corrected chi connectivity index (χ1v) is 10.2. The molecule has 0 bridgehead atoms. The van der Waals surface area contributed by atoms with Crippen molar-refractivity contribution in [3.8, 4) is 23.0 Å². The molecule has 0 aromatic heterocycles. The van der Waals surface area contributed by atoms with E-state index in [1.54, 1.807) is 28.4 Å². The van der Waals surface area contributed by atoms with Crippen LogP contribution in [0.1, 0.15) is 24.0 Å². The Kier molecular flexibility index (Phi) is 4.43. The summed E-state index contributed by atoms with van der Waals surface area (Å²) >= 11 is 0. The van der Waals surface area contributed by atoms with Crippen molar-refractivity contribution in [1.82, 2.24) is 4.90 Å². The number of ether oxygens (including phenoxy) is 4. The van der Waals surface area contributed by atoms with Crippen LogP contribution in [0.3, 0.4) is 0 Å². The van der Waals surface area contributed by atoms with Gasteiger partial charge in [0.2, 0.25) is 0 Å². The minimum absolute atomic E-state index is 0.636. The number of fused-ring (bicyclic) bond motifs is 7. The highest BCUT2D eigenvalue weighted by atomic mass is 16.5. The summed E-state index contributed by atoms with van der Waals surface area (Å²) in [6.45, 7) is 2.17. The number of rotatable bonds is 4. The van der Waals surface area contributed by atoms with Gasteiger partial charge in [0.05, 0.1) is 28.4 Å². The molecule has 1 saturated heterocycles. The molecule has 3 aromatic carbocycles. The van der Waals surface area contributed by atoms with Crippen LogP contribution < -0.4 is 18.9 Å². The van der Waals surface area contributed by atoms with Gasteiger partial charge in [-0.1, -0.05) is 6.07 Å². The zero-order chi connectivity index (χ0) is 20.1. The highest BCUT2D eigenvalue weighted by molar-refractivity contribution is 6.15. The first kappa shape index (κ1) is 18.4. The van der Waals surface area contributed by atoms with Gasteiger partial charge < -0.3 is 18.9 Å². The number of nitrogens with zero attached hydrogens (tertiary/aromatic N) is 1. The Bertz CT molecular complexity index is 1090. The lowest BCUT2D eigenvalue weighted by Crippen LogP contribution is -2.35. The lowest BCUT2D eigenvalue weighted by molar-refractivity contribution is 0.229. The van der Waals surface area contributed by atoms with Gasteiger partial charge >= 0.3 is 0 Å². The first-order valence-electron chi connectivity index (χ1n) is 10.2. The van der Waals surface area contributed by atoms with Crippen LogP contribution in [-0.2, 0) is 13.0 Å². The summed E-state index contributed by atoms with van der Waals surface area (Å²) in [5.41, 5.74) is 2.84. The van der Waals surface area contributed by atoms with Gasteiger partial charge in [-0.15, -0.1) is 0 Å². The highest BCUT2D eigenvalue weighted by Crippen LogP contribution is 2.48. The third-order valence-corrected chi connectivity index (χ3v) is 6.65. The molecule has 0 unspecified atom stereocenters. The lowest BCUT2D eigenvalue weighted by atomic mass is 9.85. The van der Waals surface area contributed by atoms with Crippen LogP contribution in [0.2, 0.25) is 0 Å². The topological polar surface area (TPSA) is 40.2 Å². The van der Waals surface area contributed by atoms with Gasteiger partial charge in [0.1, 0.15) is 0 Å². The fourth-order valence-electron chi connectivity index (χ4n) is 5.29. The summed E-state index contributed by atoms with van der Waals surface area (Å²) in [6.07, 6.45) is 3.63. The fraction of sp³-hybridized carbons (Fsp3) is 0.417. The Morgan fingerprint density at radius 2 is 1.52 bits per heavy atom. The van der Waals surface area contributed by atoms with Gasteiger partial charge in [-0.05, 0) is 71.3 Å². The molecule has 0 radical (unpaired) electrons. The van der Waals surface area contributed by atoms with E-state index in [9.17, 15) is 0 Å². The second-order valence-electron chi connectivity index (χ2n) is 7.90. The Morgan fingerprint density at radius 1 is 0.793 bits per heavy atom. The molecule has 2 heterocycles. The van der Waals surface area contributed by atoms with Crippen molar-refractivity contribution in [3.05, 3.63) is 35.4 Å². The van der Waals surface area contributed by atoms with Crippen LogP contribution >= 0.6 is 0 Å². The molecule has 29 heavy (non-hydrogen) atoms. The molecule has 152 valence electrons. The molecule has 2 aliphatic heterocycles. The van der Waals surface area contributed by atoms with Gasteiger partial charge in [0, 0.05) is 18.0 Å². The van der Waals surface area contributed by atoms with Gasteiger partial charge in [-0.2, -0.15) is 0 Å². The Balaban J connectivity index is 1.94. The molecule has 5 rings (SSSR count). The molecule has 0 aliphatic carbocycles. The number of hydrogen-bond acceptors (Lipinski definition) is 5. The van der Waals surface area contributed by atoms with Gasteiger partial charge in [0.25, 0.3) is 0 Å². The normalized spacial score (nSPS) is 18.6. The summed E-state index contributed by atoms with van der Waals surface area (Å²) in [7, 11) is 6.76. The van der Waals surface area contributed by atoms with Crippen LogP contribution in [0, 0.1) is 0 Å². The summed E-state index contributed by atoms with van der Waals surface area (Å²) < 4.78 is 22.7. The van der Waals surface area contributed by atoms with E-state index in [-0.39, 0.29) is 0 Å². The van der Waals surface area contributed by atoms with Crippen LogP contribution in [0.4, 0.5) is 0 Å². The number of methoxy groups -OCH3 is 4. The maximum atomic E-state index is 5.86. The summed E-state index contributed by atoms with van der Waals surface area (Å²) in [5, 5.41) is 4.67. The third kappa shape index (κ3) is 2.64. The molecule has 1 fully saturated rings. The molecule has 0 spiro atoms. The molecule has 3 aromatic rings. The highest BCUT2D eigenvalue weighted by Gasteiger charge is 2.33. The second kappa shape index (κ2) is 6.99. The maximum Gasteiger partial charge on any atom is 0.169 e. The lowest BCUT2D eigenvalue weighted by Gasteiger charge is -2.34. The molecule has 1 atom stereocenters. The van der Waals surface area contributed by atoms with E-state index in [0.29, 0.717) is 6.04 Å². The Hall–Kier alpha value is -2.66. The summed E-state index contributed by atoms with van der Waals surface area (Å²) in [6, 6.07) is 9.05. The Morgan fingerprint density at radius 3 is 2.21 bits per heavy atom. The van der Waals surface area contributed by atoms with E-state index < -0.39 is 0 Å². The van der Waals surface area contributed by atoms with Gasteiger partial charge in [-0.3, -0.25) is 4.90 Å². The van der Waals surface area contributed by atoms with E-state index >= 15 is 0 Å². The predicted molar refractivity (Wildman–Crippen MR) is 115 cm³/mol. The minimum Gasteiger partial charge on any atom is -0.493 e. The molecule has 5 nitrogen and oxygen atoms in total. The smallest absolute Gasteiger partial charge is 0.169 e. The predicted octanol–water partition coefficient (Wildman–Crippen LogP) is 4.55. The van der Waals surface area contributed by atoms with Crippen LogP contribution in [0.5, 0.6) is 23.0 Å². The van der Waals surface area contributed by atoms with Gasteiger partial charge in [0.15, 0.2) is 23.0 Å². The van der Waals surface area contributed by atoms with E-state index in [1.807, 2.05) is 6.07 Å². The van der Waals surface area contributed by atoms with Crippen molar-refractivity contribution in [2.75, 3.05) is 35.0 Å². The van der Waals surface area contributed by atoms with Crippen LogP contribution in [-0.4, -0.2) is 45.9 Å². The SMILES string of the molecule is COc1cc2c3c(c4ccc(OC)c(OC)c4c2cc1OC)C[C@@H]1CCCN1C3. The quantitative estimate of drug-likeness (QED) is 0.608. The van der Waals surface area contributed by atoms with Crippen molar-refractivity contribution < 1.29 is 18.9 Å². The molecule has 2 aliphatic rings. The fourth-order valence-corrected chi connectivity index (χ4v) is 5.29. The standard InChI is InChI=1S/C24H27NO4/c1-26-20-8-7-15-16-10-14-6-5-9-25(14)13-19(16)17-11-21(27-2)22(28-3)12-18(17)23(15)24(20)29-4/h7-8,11-12,14H,5-6,9-10,13H2,1-4H3/t14-/m0/s1. The van der Waals surface area contributed by atoms with Crippen molar-refractivity contribution in [2.24, 2.45) is 0 Å². The van der Waals surface area contributed by atoms with Crippen molar-refractivity contribution in [1.29, 1.82) is 0 Å². The average Bonchev–Trinajstić information content (AvgIpc) is 3.23. The van der Waals surface area contributed by atoms with Crippen molar-refractivity contribution in [2.45, 2.75) is 31.8 Å². The molecular formula is C24H27NO4. The molecule has 0 saturated carbocycles. The summed E-state index contributed by atoms with van der Waals surface area (Å²) in [4.78, 5) is 2.63. The van der Waals surface area contributed by atoms with Crippen LogP contribution in [0.25, 0.3) is 21.5 Å². The maximum absolute atomic E-state index is 5.86. The van der Waals surface area contributed by atoms with Gasteiger partial charge in [-0.25, -0.2) is 0 Å². The Labute approximate surface area is 171 Å². The number of benzene rings is 3. The third-order valence-electron chi connectivity index (χ3n) is 6.65. The van der Waals surface area contributed by atoms with Crippen molar-refractivity contribution >= 4 is 21.5 Å². The van der Waals surface area contributed by atoms with E-state index in [2.05, 4.69) is 23.1 Å². The van der Waals surface area contributed by atoms with Crippen molar-refractivity contribution in [3.63, 3.8) is 0 Å². The zero-order valence-corrected chi connectivity index (χ0v) is 17.5.